The maximum atomic E-state index is 12.2. The summed E-state index contributed by atoms with van der Waals surface area (Å²) in [6.07, 6.45) is -3.12. The minimum Gasteiger partial charge on any atom is -0.329 e. The quantitative estimate of drug-likeness (QED) is 0.753. The van der Waals surface area contributed by atoms with Gasteiger partial charge in [-0.25, -0.2) is 0 Å². The summed E-state index contributed by atoms with van der Waals surface area (Å²) in [5.74, 6) is -1.54. The van der Waals surface area contributed by atoms with Gasteiger partial charge in [0.1, 0.15) is 5.69 Å². The lowest BCUT2D eigenvalue weighted by molar-refractivity contribution is -0.159. The van der Waals surface area contributed by atoms with Crippen LogP contribution in [0.25, 0.3) is 11.5 Å². The van der Waals surface area contributed by atoms with Gasteiger partial charge in [0.15, 0.2) is 0 Å². The lowest BCUT2D eigenvalue weighted by Crippen LogP contribution is -2.04. The van der Waals surface area contributed by atoms with Crippen LogP contribution in [0.15, 0.2) is 22.9 Å². The second-order valence-electron chi connectivity index (χ2n) is 3.14. The first-order chi connectivity index (χ1) is 7.47. The van der Waals surface area contributed by atoms with Crippen molar-refractivity contribution in [3.8, 4) is 11.5 Å². The molecule has 0 spiro atoms. The van der Waals surface area contributed by atoms with Gasteiger partial charge in [-0.05, 0) is 18.6 Å². The molecule has 0 N–H and O–H groups in total. The Balaban J connectivity index is 2.35. The first kappa shape index (κ1) is 10.6. The highest BCUT2D eigenvalue weighted by Gasteiger charge is 2.38. The molecular formula is C9H6F3N3O. The van der Waals surface area contributed by atoms with E-state index in [-0.39, 0.29) is 11.5 Å². The topological polar surface area (TPSA) is 51.8 Å². The Kier molecular flexibility index (Phi) is 2.37. The Morgan fingerprint density at radius 2 is 2.00 bits per heavy atom. The van der Waals surface area contributed by atoms with Gasteiger partial charge in [0.2, 0.25) is 5.82 Å². The minimum atomic E-state index is -4.63. The van der Waals surface area contributed by atoms with Gasteiger partial charge in [-0.3, -0.25) is 4.98 Å². The largest absolute Gasteiger partial charge is 0.471 e. The van der Waals surface area contributed by atoms with E-state index in [1.165, 1.54) is 12.3 Å². The molecule has 0 bridgehead atoms. The summed E-state index contributed by atoms with van der Waals surface area (Å²) in [4.78, 5) is 7.11. The van der Waals surface area contributed by atoms with Crippen molar-refractivity contribution in [1.29, 1.82) is 0 Å². The van der Waals surface area contributed by atoms with E-state index in [4.69, 9.17) is 0 Å². The highest BCUT2D eigenvalue weighted by Crippen LogP contribution is 2.28. The van der Waals surface area contributed by atoms with Gasteiger partial charge in [-0.15, -0.1) is 0 Å². The van der Waals surface area contributed by atoms with Gasteiger partial charge >= 0.3 is 12.1 Å². The van der Waals surface area contributed by atoms with E-state index in [1.54, 1.807) is 6.07 Å². The van der Waals surface area contributed by atoms with Crippen LogP contribution >= 0.6 is 0 Å². The Labute approximate surface area is 88.1 Å². The van der Waals surface area contributed by atoms with E-state index in [2.05, 4.69) is 19.6 Å². The maximum absolute atomic E-state index is 12.2. The van der Waals surface area contributed by atoms with Crippen molar-refractivity contribution in [3.05, 3.63) is 29.8 Å². The standard InChI is InChI=1S/C9H6F3N3O/c1-5-2-3-6(13-4-5)7-14-8(16-15-7)9(10,11)12/h2-4H,1H3. The van der Waals surface area contributed by atoms with E-state index < -0.39 is 12.1 Å². The summed E-state index contributed by atoms with van der Waals surface area (Å²) in [5, 5.41) is 3.21. The van der Waals surface area contributed by atoms with E-state index in [0.717, 1.165) is 5.56 Å². The number of pyridine rings is 1. The summed E-state index contributed by atoms with van der Waals surface area (Å²) in [6.45, 7) is 1.81. The molecule has 0 aromatic carbocycles. The zero-order valence-corrected chi connectivity index (χ0v) is 8.12. The molecule has 16 heavy (non-hydrogen) atoms. The predicted octanol–water partition coefficient (Wildman–Crippen LogP) is 2.46. The number of nitrogens with zero attached hydrogens (tertiary/aromatic N) is 3. The highest BCUT2D eigenvalue weighted by atomic mass is 19.4. The average Bonchev–Trinajstić information content (AvgIpc) is 2.67. The van der Waals surface area contributed by atoms with Crippen molar-refractivity contribution >= 4 is 0 Å². The zero-order valence-electron chi connectivity index (χ0n) is 8.12. The number of hydrogen-bond donors (Lipinski definition) is 0. The zero-order chi connectivity index (χ0) is 11.8. The molecule has 0 saturated carbocycles. The van der Waals surface area contributed by atoms with Crippen molar-refractivity contribution in [1.82, 2.24) is 15.1 Å². The van der Waals surface area contributed by atoms with Crippen LogP contribution in [0.2, 0.25) is 0 Å². The molecule has 4 nitrogen and oxygen atoms in total. The molecule has 0 atom stereocenters. The Bertz CT molecular complexity index is 489. The monoisotopic (exact) mass is 229 g/mol. The van der Waals surface area contributed by atoms with Crippen molar-refractivity contribution in [3.63, 3.8) is 0 Å². The molecule has 0 aliphatic rings. The molecule has 0 fully saturated rings. The molecular weight excluding hydrogens is 223 g/mol. The smallest absolute Gasteiger partial charge is 0.329 e. The average molecular weight is 229 g/mol. The van der Waals surface area contributed by atoms with E-state index >= 15 is 0 Å². The van der Waals surface area contributed by atoms with Gasteiger partial charge in [0, 0.05) is 6.20 Å². The number of hydrogen-bond acceptors (Lipinski definition) is 4. The molecule has 84 valence electrons. The lowest BCUT2D eigenvalue weighted by Gasteiger charge is -1.96. The van der Waals surface area contributed by atoms with Gasteiger partial charge in [0.05, 0.1) is 0 Å². The third kappa shape index (κ3) is 2.02. The fourth-order valence-corrected chi connectivity index (χ4v) is 1.04. The molecule has 0 aliphatic carbocycles. The molecule has 2 aromatic heterocycles. The van der Waals surface area contributed by atoms with Crippen LogP contribution in [0.5, 0.6) is 0 Å². The minimum absolute atomic E-state index is 0.174. The Hall–Kier alpha value is -1.92. The summed E-state index contributed by atoms with van der Waals surface area (Å²) >= 11 is 0. The first-order valence-electron chi connectivity index (χ1n) is 4.31. The van der Waals surface area contributed by atoms with Crippen LogP contribution in [0.1, 0.15) is 11.5 Å². The number of alkyl halides is 3. The van der Waals surface area contributed by atoms with Crippen LogP contribution < -0.4 is 0 Å². The SMILES string of the molecule is Cc1ccc(-c2noc(C(F)(F)F)n2)nc1. The van der Waals surface area contributed by atoms with Crippen molar-refractivity contribution in [2.24, 2.45) is 0 Å². The number of aryl methyl sites for hydroxylation is 1. The molecule has 0 saturated heterocycles. The second kappa shape index (κ2) is 3.58. The molecule has 7 heteroatoms. The summed E-state index contributed by atoms with van der Waals surface area (Å²) in [5.41, 5.74) is 1.13. The van der Waals surface area contributed by atoms with Crippen LogP contribution in [0.4, 0.5) is 13.2 Å². The molecule has 0 aliphatic heterocycles. The second-order valence-corrected chi connectivity index (χ2v) is 3.14. The van der Waals surface area contributed by atoms with Crippen molar-refractivity contribution in [2.75, 3.05) is 0 Å². The van der Waals surface area contributed by atoms with E-state index in [0.29, 0.717) is 0 Å². The lowest BCUT2D eigenvalue weighted by atomic mass is 10.3. The van der Waals surface area contributed by atoms with Crippen molar-refractivity contribution < 1.29 is 17.7 Å². The maximum Gasteiger partial charge on any atom is 0.471 e. The molecule has 0 unspecified atom stereocenters. The van der Waals surface area contributed by atoms with E-state index in [9.17, 15) is 13.2 Å². The van der Waals surface area contributed by atoms with Crippen LogP contribution in [0, 0.1) is 6.92 Å². The van der Waals surface area contributed by atoms with Crippen LogP contribution in [0.3, 0.4) is 0 Å². The molecule has 0 amide bonds. The molecule has 2 rings (SSSR count). The number of aromatic nitrogens is 3. The van der Waals surface area contributed by atoms with E-state index in [1.807, 2.05) is 6.92 Å². The first-order valence-corrected chi connectivity index (χ1v) is 4.31. The fourth-order valence-electron chi connectivity index (χ4n) is 1.04. The molecule has 2 heterocycles. The summed E-state index contributed by atoms with van der Waals surface area (Å²) in [7, 11) is 0. The third-order valence-electron chi connectivity index (χ3n) is 1.81. The molecule has 2 aromatic rings. The number of halogens is 3. The third-order valence-corrected chi connectivity index (χ3v) is 1.81. The Morgan fingerprint density at radius 1 is 1.25 bits per heavy atom. The van der Waals surface area contributed by atoms with Gasteiger partial charge in [0.25, 0.3) is 0 Å². The highest BCUT2D eigenvalue weighted by molar-refractivity contribution is 5.47. The van der Waals surface area contributed by atoms with Crippen LogP contribution in [-0.2, 0) is 6.18 Å². The van der Waals surface area contributed by atoms with Gasteiger partial charge < -0.3 is 4.52 Å². The summed E-state index contributed by atoms with van der Waals surface area (Å²) in [6, 6.07) is 3.23. The number of rotatable bonds is 1. The van der Waals surface area contributed by atoms with Gasteiger partial charge in [-0.2, -0.15) is 18.2 Å². The van der Waals surface area contributed by atoms with Gasteiger partial charge in [-0.1, -0.05) is 11.2 Å². The molecule has 0 radical (unpaired) electrons. The Morgan fingerprint density at radius 3 is 2.50 bits per heavy atom. The van der Waals surface area contributed by atoms with Crippen LogP contribution in [-0.4, -0.2) is 15.1 Å². The summed E-state index contributed by atoms with van der Waals surface area (Å²) < 4.78 is 40.6. The fraction of sp³-hybridized carbons (Fsp3) is 0.222. The normalized spacial score (nSPS) is 11.8. The predicted molar refractivity (Wildman–Crippen MR) is 47.3 cm³/mol. The van der Waals surface area contributed by atoms with Crippen molar-refractivity contribution in [2.45, 2.75) is 13.1 Å².